The third kappa shape index (κ3) is 9.01. The molecule has 1 aliphatic rings. The van der Waals surface area contributed by atoms with Gasteiger partial charge in [0.25, 0.3) is 0 Å². The molecule has 0 aliphatic carbocycles. The van der Waals surface area contributed by atoms with Gasteiger partial charge in [0.2, 0.25) is 15.9 Å². The van der Waals surface area contributed by atoms with Gasteiger partial charge in [-0.3, -0.25) is 19.1 Å². The first kappa shape index (κ1) is 32.2. The van der Waals surface area contributed by atoms with E-state index in [9.17, 15) is 35.7 Å². The lowest BCUT2D eigenvalue weighted by atomic mass is 10.1. The van der Waals surface area contributed by atoms with Gasteiger partial charge in [0.05, 0.1) is 43.2 Å². The molecule has 1 aromatic rings. The van der Waals surface area contributed by atoms with Crippen molar-refractivity contribution >= 4 is 29.5 Å². The van der Waals surface area contributed by atoms with Crippen molar-refractivity contribution in [3.63, 3.8) is 0 Å². The second kappa shape index (κ2) is 13.3. The number of esters is 1. The molecule has 1 aliphatic heterocycles. The first-order valence-corrected chi connectivity index (χ1v) is 15.4. The van der Waals surface area contributed by atoms with Crippen LogP contribution in [-0.4, -0.2) is 73.9 Å². The summed E-state index contributed by atoms with van der Waals surface area (Å²) in [7, 11) is -7.57. The van der Waals surface area contributed by atoms with Crippen molar-refractivity contribution in [2.24, 2.45) is 0 Å². The number of aromatic nitrogens is 1. The van der Waals surface area contributed by atoms with E-state index < -0.39 is 65.5 Å². The van der Waals surface area contributed by atoms with E-state index in [0.717, 1.165) is 18.4 Å². The average Bonchev–Trinajstić information content (AvgIpc) is 2.82. The van der Waals surface area contributed by atoms with Crippen LogP contribution >= 0.6 is 7.60 Å². The van der Waals surface area contributed by atoms with Gasteiger partial charge in [-0.1, -0.05) is 0 Å². The Morgan fingerprint density at radius 3 is 2.21 bits per heavy atom. The summed E-state index contributed by atoms with van der Waals surface area (Å²) in [5, 5.41) is 2.53. The van der Waals surface area contributed by atoms with Crippen molar-refractivity contribution in [3.8, 4) is 0 Å². The van der Waals surface area contributed by atoms with E-state index in [0.29, 0.717) is 6.20 Å². The molecular weight excluding hydrogens is 554 g/mol. The Morgan fingerprint density at radius 1 is 1.18 bits per heavy atom. The third-order valence-electron chi connectivity index (χ3n) is 5.74. The molecule has 1 fully saturated rings. The number of halogens is 3. The molecule has 2 rings (SSSR count). The van der Waals surface area contributed by atoms with Crippen LogP contribution in [-0.2, 0) is 44.1 Å². The van der Waals surface area contributed by atoms with Gasteiger partial charge in [0, 0.05) is 19.3 Å². The second-order valence-electron chi connectivity index (χ2n) is 8.65. The lowest BCUT2D eigenvalue weighted by Gasteiger charge is -2.31. The van der Waals surface area contributed by atoms with E-state index in [1.165, 1.54) is 25.1 Å². The summed E-state index contributed by atoms with van der Waals surface area (Å²) in [6.45, 7) is 4.66. The standard InChI is InChI=1S/C22H33F3N3O8PS/c1-5-34-37(31,35-6-2)19(21(30)36-17-9-11-28(12-10-17)38(4,32)33)13-20(29)27-15(3)18-8-7-16(14-26-18)22(23,24)25/h7-8,14-15,17,19H,5-6,9-13H2,1-4H3,(H,27,29). The van der Waals surface area contributed by atoms with Gasteiger partial charge in [0.1, 0.15) is 6.10 Å². The van der Waals surface area contributed by atoms with Gasteiger partial charge in [-0.15, -0.1) is 0 Å². The summed E-state index contributed by atoms with van der Waals surface area (Å²) < 4.78 is 92.6. The van der Waals surface area contributed by atoms with Crippen molar-refractivity contribution in [1.82, 2.24) is 14.6 Å². The maximum atomic E-state index is 13.5. The van der Waals surface area contributed by atoms with Crippen molar-refractivity contribution in [1.29, 1.82) is 0 Å². The molecule has 0 aromatic carbocycles. The first-order valence-electron chi connectivity index (χ1n) is 12.0. The number of hydrogen-bond donors (Lipinski definition) is 1. The van der Waals surface area contributed by atoms with E-state index in [4.69, 9.17) is 13.8 Å². The van der Waals surface area contributed by atoms with Crippen LogP contribution in [0.1, 0.15) is 57.3 Å². The first-order chi connectivity index (χ1) is 17.6. The molecule has 1 aromatic heterocycles. The number of carbonyl (C=O) groups is 2. The van der Waals surface area contributed by atoms with Crippen molar-refractivity contribution in [3.05, 3.63) is 29.6 Å². The van der Waals surface area contributed by atoms with Crippen molar-refractivity contribution in [2.75, 3.05) is 32.6 Å². The van der Waals surface area contributed by atoms with Gasteiger partial charge in [-0.25, -0.2) is 12.7 Å². The van der Waals surface area contributed by atoms with Crippen LogP contribution in [0.5, 0.6) is 0 Å². The summed E-state index contributed by atoms with van der Waals surface area (Å²) in [4.78, 5) is 29.7. The Balaban J connectivity index is 2.15. The number of nitrogens with zero attached hydrogens (tertiary/aromatic N) is 2. The molecule has 2 atom stereocenters. The minimum atomic E-state index is -4.56. The van der Waals surface area contributed by atoms with Crippen LogP contribution < -0.4 is 5.32 Å². The topological polar surface area (TPSA) is 141 Å². The van der Waals surface area contributed by atoms with Gasteiger partial charge in [-0.05, 0) is 45.7 Å². The third-order valence-corrected chi connectivity index (χ3v) is 9.43. The number of sulfonamides is 1. The minimum Gasteiger partial charge on any atom is -0.462 e. The fourth-order valence-electron chi connectivity index (χ4n) is 3.80. The van der Waals surface area contributed by atoms with Crippen molar-refractivity contribution < 1.29 is 49.5 Å². The van der Waals surface area contributed by atoms with E-state index in [2.05, 4.69) is 10.3 Å². The highest BCUT2D eigenvalue weighted by molar-refractivity contribution is 7.88. The molecule has 11 nitrogen and oxygen atoms in total. The molecule has 0 bridgehead atoms. The highest BCUT2D eigenvalue weighted by atomic mass is 32.2. The number of amides is 1. The fourth-order valence-corrected chi connectivity index (χ4v) is 6.54. The van der Waals surface area contributed by atoms with E-state index in [1.807, 2.05) is 0 Å². The predicted molar refractivity (Wildman–Crippen MR) is 131 cm³/mol. The number of nitrogens with one attached hydrogen (secondary N) is 1. The molecule has 1 saturated heterocycles. The molecule has 0 saturated carbocycles. The van der Waals surface area contributed by atoms with Gasteiger partial charge >= 0.3 is 19.7 Å². The maximum absolute atomic E-state index is 13.5. The van der Waals surface area contributed by atoms with Crippen molar-refractivity contribution in [2.45, 2.75) is 64.0 Å². The minimum absolute atomic E-state index is 0.0820. The number of pyridine rings is 1. The molecule has 216 valence electrons. The lowest BCUT2D eigenvalue weighted by molar-refractivity contribution is -0.151. The summed E-state index contributed by atoms with van der Waals surface area (Å²) in [6.07, 6.45) is -3.74. The Labute approximate surface area is 220 Å². The lowest BCUT2D eigenvalue weighted by Crippen LogP contribution is -2.42. The van der Waals surface area contributed by atoms with Crippen LogP contribution in [0.15, 0.2) is 18.3 Å². The highest BCUT2D eigenvalue weighted by Gasteiger charge is 2.45. The van der Waals surface area contributed by atoms with Crippen LogP contribution in [0.4, 0.5) is 13.2 Å². The number of hydrogen-bond acceptors (Lipinski definition) is 9. The molecule has 0 spiro atoms. The fraction of sp³-hybridized carbons (Fsp3) is 0.682. The Morgan fingerprint density at radius 2 is 1.76 bits per heavy atom. The molecule has 2 heterocycles. The molecule has 2 unspecified atom stereocenters. The van der Waals surface area contributed by atoms with Gasteiger partial charge in [-0.2, -0.15) is 13.2 Å². The maximum Gasteiger partial charge on any atom is 0.417 e. The summed E-state index contributed by atoms with van der Waals surface area (Å²) in [5.74, 6) is -1.75. The van der Waals surface area contributed by atoms with Gasteiger partial charge in [0.15, 0.2) is 5.66 Å². The normalized spacial score (nSPS) is 17.6. The monoisotopic (exact) mass is 587 g/mol. The van der Waals surface area contributed by atoms with E-state index >= 15 is 0 Å². The molecule has 16 heteroatoms. The Bertz CT molecular complexity index is 1100. The zero-order valence-corrected chi connectivity index (χ0v) is 23.3. The number of piperidine rings is 1. The predicted octanol–water partition coefficient (Wildman–Crippen LogP) is 3.27. The molecule has 0 radical (unpaired) electrons. The molecule has 38 heavy (non-hydrogen) atoms. The summed E-state index contributed by atoms with van der Waals surface area (Å²) in [6, 6.07) is 1.12. The number of rotatable bonds is 12. The van der Waals surface area contributed by atoms with Crippen LogP contribution in [0.25, 0.3) is 0 Å². The van der Waals surface area contributed by atoms with E-state index in [1.54, 1.807) is 0 Å². The number of carbonyl (C=O) groups excluding carboxylic acids is 2. The van der Waals surface area contributed by atoms with Crippen LogP contribution in [0.2, 0.25) is 0 Å². The smallest absolute Gasteiger partial charge is 0.417 e. The number of alkyl halides is 3. The second-order valence-corrected chi connectivity index (χ2v) is 12.9. The van der Waals surface area contributed by atoms with E-state index in [-0.39, 0.29) is 44.8 Å². The Hall–Kier alpha value is -2.06. The van der Waals surface area contributed by atoms with Gasteiger partial charge < -0.3 is 19.1 Å². The number of ether oxygens (including phenoxy) is 1. The van der Waals surface area contributed by atoms with Crippen LogP contribution in [0, 0.1) is 0 Å². The molecular formula is C22H33F3N3O8PS. The largest absolute Gasteiger partial charge is 0.462 e. The summed E-state index contributed by atoms with van der Waals surface area (Å²) in [5.41, 5.74) is -2.43. The highest BCUT2D eigenvalue weighted by Crippen LogP contribution is 2.54. The van der Waals surface area contributed by atoms with Crippen LogP contribution in [0.3, 0.4) is 0 Å². The zero-order valence-electron chi connectivity index (χ0n) is 21.6. The Kier molecular flexibility index (Phi) is 11.3. The SMILES string of the molecule is CCOP(=O)(OCC)C(CC(=O)NC(C)c1ccc(C(F)(F)F)cn1)C(=O)OC1CCN(S(C)(=O)=O)CC1. The average molecular weight is 588 g/mol. The molecule has 1 amide bonds. The quantitative estimate of drug-likeness (QED) is 0.288. The summed E-state index contributed by atoms with van der Waals surface area (Å²) >= 11 is 0. The zero-order chi connectivity index (χ0) is 28.7. The molecule has 1 N–H and O–H groups in total.